The maximum absolute atomic E-state index is 11.7. The van der Waals surface area contributed by atoms with Gasteiger partial charge in [-0.15, -0.1) is 0 Å². The van der Waals surface area contributed by atoms with E-state index in [9.17, 15) is 4.79 Å². The second kappa shape index (κ2) is 4.61. The number of hydrogen-bond acceptors (Lipinski definition) is 2. The van der Waals surface area contributed by atoms with Crippen LogP contribution >= 0.6 is 0 Å². The van der Waals surface area contributed by atoms with Gasteiger partial charge in [-0.1, -0.05) is 13.3 Å². The minimum atomic E-state index is -0.282. The number of carbonyl (C=O) groups is 1. The molecule has 1 atom stereocenters. The summed E-state index contributed by atoms with van der Waals surface area (Å²) in [4.78, 5) is 13.5. The van der Waals surface area contributed by atoms with Gasteiger partial charge in [0, 0.05) is 13.1 Å². The predicted molar refractivity (Wildman–Crippen MR) is 53.3 cm³/mol. The lowest BCUT2D eigenvalue weighted by atomic mass is 9.91. The molecule has 0 heterocycles. The molecule has 2 N–H and O–H groups in total. The van der Waals surface area contributed by atoms with Crippen molar-refractivity contribution in [1.29, 1.82) is 0 Å². The first kappa shape index (κ1) is 10.5. The van der Waals surface area contributed by atoms with Gasteiger partial charge in [0.1, 0.15) is 0 Å². The van der Waals surface area contributed by atoms with Crippen molar-refractivity contribution < 1.29 is 4.79 Å². The Morgan fingerprint density at radius 2 is 2.23 bits per heavy atom. The standard InChI is InChI=1S/C10H20N2O/c1-3-5-9(11)10(13)12(2)8-6-4-7-8/h8-9H,3-7,11H2,1-2H3/t9-/m0/s1. The van der Waals surface area contributed by atoms with Crippen LogP contribution in [0.15, 0.2) is 0 Å². The van der Waals surface area contributed by atoms with E-state index in [1.807, 2.05) is 11.9 Å². The molecule has 0 aromatic rings. The minimum absolute atomic E-state index is 0.117. The Labute approximate surface area is 80.3 Å². The van der Waals surface area contributed by atoms with E-state index in [2.05, 4.69) is 6.92 Å². The van der Waals surface area contributed by atoms with Crippen LogP contribution in [-0.4, -0.2) is 29.9 Å². The molecule has 1 aliphatic rings. The lowest BCUT2D eigenvalue weighted by Crippen LogP contribution is -2.48. The van der Waals surface area contributed by atoms with Crippen LogP contribution in [0.2, 0.25) is 0 Å². The van der Waals surface area contributed by atoms with Crippen molar-refractivity contribution in [3.63, 3.8) is 0 Å². The monoisotopic (exact) mass is 184 g/mol. The summed E-state index contributed by atoms with van der Waals surface area (Å²) >= 11 is 0. The highest BCUT2D eigenvalue weighted by atomic mass is 16.2. The van der Waals surface area contributed by atoms with Crippen molar-refractivity contribution in [2.75, 3.05) is 7.05 Å². The Morgan fingerprint density at radius 3 is 2.62 bits per heavy atom. The third kappa shape index (κ3) is 2.44. The molecule has 1 rings (SSSR count). The molecule has 1 aliphatic carbocycles. The van der Waals surface area contributed by atoms with Crippen molar-refractivity contribution in [2.45, 2.75) is 51.1 Å². The van der Waals surface area contributed by atoms with Crippen molar-refractivity contribution in [1.82, 2.24) is 4.90 Å². The third-order valence-electron chi connectivity index (χ3n) is 2.89. The van der Waals surface area contributed by atoms with Gasteiger partial charge in [-0.3, -0.25) is 4.79 Å². The van der Waals surface area contributed by atoms with Crippen LogP contribution in [0.3, 0.4) is 0 Å². The van der Waals surface area contributed by atoms with Gasteiger partial charge in [-0.2, -0.15) is 0 Å². The Kier molecular flexibility index (Phi) is 3.72. The Morgan fingerprint density at radius 1 is 1.62 bits per heavy atom. The van der Waals surface area contributed by atoms with Crippen LogP contribution in [0.4, 0.5) is 0 Å². The normalized spacial score (nSPS) is 19.3. The first-order valence-electron chi connectivity index (χ1n) is 5.19. The summed E-state index contributed by atoms with van der Waals surface area (Å²) < 4.78 is 0. The molecule has 3 heteroatoms. The summed E-state index contributed by atoms with van der Waals surface area (Å²) in [7, 11) is 1.88. The lowest BCUT2D eigenvalue weighted by Gasteiger charge is -2.36. The van der Waals surface area contributed by atoms with Gasteiger partial charge in [-0.05, 0) is 25.7 Å². The van der Waals surface area contributed by atoms with Crippen molar-refractivity contribution in [3.05, 3.63) is 0 Å². The van der Waals surface area contributed by atoms with E-state index in [1.165, 1.54) is 6.42 Å². The van der Waals surface area contributed by atoms with Crippen molar-refractivity contribution >= 4 is 5.91 Å². The highest BCUT2D eigenvalue weighted by Crippen LogP contribution is 2.23. The molecular formula is C10H20N2O. The topological polar surface area (TPSA) is 46.3 Å². The molecule has 0 spiro atoms. The molecule has 1 fully saturated rings. The summed E-state index contributed by atoms with van der Waals surface area (Å²) in [6.45, 7) is 2.05. The van der Waals surface area contributed by atoms with E-state index in [1.54, 1.807) is 0 Å². The fourth-order valence-electron chi connectivity index (χ4n) is 1.65. The summed E-state index contributed by atoms with van der Waals surface area (Å²) in [5.74, 6) is 0.117. The molecule has 0 unspecified atom stereocenters. The molecule has 0 radical (unpaired) electrons. The molecule has 0 saturated heterocycles. The van der Waals surface area contributed by atoms with Crippen LogP contribution in [0.5, 0.6) is 0 Å². The molecule has 13 heavy (non-hydrogen) atoms. The zero-order valence-corrected chi connectivity index (χ0v) is 8.62. The summed E-state index contributed by atoms with van der Waals surface area (Å²) in [5.41, 5.74) is 5.75. The molecule has 0 bridgehead atoms. The van der Waals surface area contributed by atoms with E-state index in [4.69, 9.17) is 5.73 Å². The largest absolute Gasteiger partial charge is 0.341 e. The maximum atomic E-state index is 11.7. The summed E-state index contributed by atoms with van der Waals surface area (Å²) in [6, 6.07) is 0.186. The first-order valence-corrected chi connectivity index (χ1v) is 5.19. The molecule has 0 aromatic carbocycles. The molecule has 0 aromatic heterocycles. The van der Waals surface area contributed by atoms with Gasteiger partial charge in [0.25, 0.3) is 0 Å². The average molecular weight is 184 g/mol. The Hall–Kier alpha value is -0.570. The van der Waals surface area contributed by atoms with Crippen LogP contribution in [0.1, 0.15) is 39.0 Å². The second-order valence-corrected chi connectivity index (χ2v) is 3.93. The fraction of sp³-hybridized carbons (Fsp3) is 0.900. The number of carbonyl (C=O) groups excluding carboxylic acids is 1. The van der Waals surface area contributed by atoms with E-state index < -0.39 is 0 Å². The predicted octanol–water partition coefficient (Wildman–Crippen LogP) is 1.12. The van der Waals surface area contributed by atoms with E-state index in [0.29, 0.717) is 6.04 Å². The molecule has 76 valence electrons. The first-order chi connectivity index (χ1) is 6.16. The smallest absolute Gasteiger partial charge is 0.239 e. The SMILES string of the molecule is CCC[C@H](N)C(=O)N(C)C1CCC1. The van der Waals surface area contributed by atoms with Gasteiger partial charge in [0.15, 0.2) is 0 Å². The van der Waals surface area contributed by atoms with Crippen molar-refractivity contribution in [2.24, 2.45) is 5.73 Å². The minimum Gasteiger partial charge on any atom is -0.341 e. The van der Waals surface area contributed by atoms with E-state index >= 15 is 0 Å². The Balaban J connectivity index is 2.36. The lowest BCUT2D eigenvalue weighted by molar-refractivity contribution is -0.135. The quantitative estimate of drug-likeness (QED) is 0.711. The molecule has 1 saturated carbocycles. The fourth-order valence-corrected chi connectivity index (χ4v) is 1.65. The van der Waals surface area contributed by atoms with Gasteiger partial charge < -0.3 is 10.6 Å². The second-order valence-electron chi connectivity index (χ2n) is 3.93. The number of rotatable bonds is 4. The molecule has 1 amide bonds. The number of amides is 1. The van der Waals surface area contributed by atoms with E-state index in [-0.39, 0.29) is 11.9 Å². The molecule has 0 aliphatic heterocycles. The average Bonchev–Trinajstić information content (AvgIpc) is 2.00. The van der Waals surface area contributed by atoms with Gasteiger partial charge in [0.2, 0.25) is 5.91 Å². The zero-order chi connectivity index (χ0) is 9.84. The third-order valence-corrected chi connectivity index (χ3v) is 2.89. The number of nitrogens with zero attached hydrogens (tertiary/aromatic N) is 1. The molecular weight excluding hydrogens is 164 g/mol. The zero-order valence-electron chi connectivity index (χ0n) is 8.62. The molecule has 3 nitrogen and oxygen atoms in total. The highest BCUT2D eigenvalue weighted by molar-refractivity contribution is 5.81. The van der Waals surface area contributed by atoms with Gasteiger partial charge >= 0.3 is 0 Å². The Bertz CT molecular complexity index is 178. The van der Waals surface area contributed by atoms with Crippen LogP contribution in [0.25, 0.3) is 0 Å². The van der Waals surface area contributed by atoms with Crippen molar-refractivity contribution in [3.8, 4) is 0 Å². The van der Waals surface area contributed by atoms with Crippen LogP contribution in [-0.2, 0) is 4.79 Å². The number of likely N-dealkylation sites (N-methyl/N-ethyl adjacent to an activating group) is 1. The van der Waals surface area contributed by atoms with Crippen LogP contribution in [0, 0.1) is 0 Å². The summed E-state index contributed by atoms with van der Waals surface area (Å²) in [5, 5.41) is 0. The summed E-state index contributed by atoms with van der Waals surface area (Å²) in [6.07, 6.45) is 5.34. The number of hydrogen-bond donors (Lipinski definition) is 1. The maximum Gasteiger partial charge on any atom is 0.239 e. The number of nitrogens with two attached hydrogens (primary N) is 1. The van der Waals surface area contributed by atoms with E-state index in [0.717, 1.165) is 25.7 Å². The van der Waals surface area contributed by atoms with Crippen LogP contribution < -0.4 is 5.73 Å². The van der Waals surface area contributed by atoms with Gasteiger partial charge in [-0.25, -0.2) is 0 Å². The highest BCUT2D eigenvalue weighted by Gasteiger charge is 2.27. The van der Waals surface area contributed by atoms with Gasteiger partial charge in [0.05, 0.1) is 6.04 Å².